The molecule has 1 atom stereocenters. The highest BCUT2D eigenvalue weighted by molar-refractivity contribution is 5.36. The van der Waals surface area contributed by atoms with Crippen molar-refractivity contribution in [2.24, 2.45) is 0 Å². The highest BCUT2D eigenvalue weighted by Crippen LogP contribution is 2.23. The fraction of sp³-hybridized carbons (Fsp3) is 0.571. The number of rotatable bonds is 5. The van der Waals surface area contributed by atoms with Crippen molar-refractivity contribution in [3.05, 3.63) is 30.5 Å². The van der Waals surface area contributed by atoms with Crippen molar-refractivity contribution in [2.75, 3.05) is 13.2 Å². The summed E-state index contributed by atoms with van der Waals surface area (Å²) in [7, 11) is 0. The third-order valence-corrected chi connectivity index (χ3v) is 3.95. The van der Waals surface area contributed by atoms with Gasteiger partial charge in [-0.15, -0.1) is 0 Å². The van der Waals surface area contributed by atoms with Gasteiger partial charge in [0.05, 0.1) is 18.1 Å². The molecule has 0 spiro atoms. The van der Waals surface area contributed by atoms with Gasteiger partial charge < -0.3 is 5.11 Å². The van der Waals surface area contributed by atoms with Crippen molar-refractivity contribution in [1.82, 2.24) is 19.3 Å². The van der Waals surface area contributed by atoms with Crippen LogP contribution in [0.5, 0.6) is 0 Å². The Morgan fingerprint density at radius 3 is 3.21 bits per heavy atom. The van der Waals surface area contributed by atoms with Gasteiger partial charge in [-0.25, -0.2) is 4.98 Å². The third kappa shape index (κ3) is 2.62. The molecule has 5 nitrogen and oxygen atoms in total. The summed E-state index contributed by atoms with van der Waals surface area (Å²) in [6.45, 7) is 2.38. The van der Waals surface area contributed by atoms with E-state index in [1.54, 1.807) is 12.4 Å². The summed E-state index contributed by atoms with van der Waals surface area (Å²) in [6.07, 6.45) is 12.0. The Labute approximate surface area is 112 Å². The van der Waals surface area contributed by atoms with E-state index in [9.17, 15) is 0 Å². The number of hydrogen-bond donors (Lipinski definition) is 1. The molecule has 1 N–H and O–H groups in total. The Morgan fingerprint density at radius 2 is 2.32 bits per heavy atom. The molecule has 3 heterocycles. The number of imidazole rings is 1. The Balaban J connectivity index is 1.73. The molecule has 1 saturated heterocycles. The van der Waals surface area contributed by atoms with Crippen LogP contribution < -0.4 is 0 Å². The van der Waals surface area contributed by atoms with Crippen molar-refractivity contribution >= 4 is 5.65 Å². The summed E-state index contributed by atoms with van der Waals surface area (Å²) in [4.78, 5) is 11.0. The molecule has 0 radical (unpaired) electrons. The van der Waals surface area contributed by atoms with E-state index < -0.39 is 0 Å². The van der Waals surface area contributed by atoms with Gasteiger partial charge in [0.15, 0.2) is 5.65 Å². The van der Waals surface area contributed by atoms with Gasteiger partial charge in [0.2, 0.25) is 0 Å². The summed E-state index contributed by atoms with van der Waals surface area (Å²) in [5.41, 5.74) is 2.12. The topological polar surface area (TPSA) is 53.7 Å². The van der Waals surface area contributed by atoms with Crippen LogP contribution in [0.15, 0.2) is 24.8 Å². The largest absolute Gasteiger partial charge is 0.396 e. The van der Waals surface area contributed by atoms with Gasteiger partial charge in [-0.2, -0.15) is 0 Å². The first-order valence-corrected chi connectivity index (χ1v) is 6.99. The van der Waals surface area contributed by atoms with Gasteiger partial charge >= 0.3 is 0 Å². The summed E-state index contributed by atoms with van der Waals surface area (Å²) in [5.74, 6) is 0. The Bertz CT molecular complexity index is 539. The van der Waals surface area contributed by atoms with E-state index in [4.69, 9.17) is 5.11 Å². The monoisotopic (exact) mass is 260 g/mol. The molecule has 1 aliphatic rings. The summed E-state index contributed by atoms with van der Waals surface area (Å²) < 4.78 is 2.11. The molecule has 19 heavy (non-hydrogen) atoms. The number of nitrogens with zero attached hydrogens (tertiary/aromatic N) is 4. The van der Waals surface area contributed by atoms with Crippen LogP contribution in [0.25, 0.3) is 5.65 Å². The minimum atomic E-state index is 0.297. The lowest BCUT2D eigenvalue weighted by Crippen LogP contribution is -2.29. The standard InChI is InChI=1S/C14H20N4O/c19-8-2-4-12-3-1-6-17(12)11-13-9-16-14-10-15-5-7-18(13)14/h5,7,9-10,12,19H,1-4,6,8,11H2. The molecule has 1 aliphatic heterocycles. The number of aromatic nitrogens is 3. The summed E-state index contributed by atoms with van der Waals surface area (Å²) in [5, 5.41) is 8.97. The number of fused-ring (bicyclic) bond motifs is 1. The number of hydrogen-bond acceptors (Lipinski definition) is 4. The second-order valence-electron chi connectivity index (χ2n) is 5.19. The first-order chi connectivity index (χ1) is 9.38. The van der Waals surface area contributed by atoms with Gasteiger partial charge in [-0.3, -0.25) is 14.3 Å². The smallest absolute Gasteiger partial charge is 0.155 e. The minimum Gasteiger partial charge on any atom is -0.396 e. The summed E-state index contributed by atoms with van der Waals surface area (Å²) in [6, 6.07) is 0.611. The SMILES string of the molecule is OCCCC1CCCN1Cc1cnc2cnccn12. The predicted octanol–water partition coefficient (Wildman–Crippen LogP) is 1.47. The fourth-order valence-electron chi connectivity index (χ4n) is 2.98. The lowest BCUT2D eigenvalue weighted by molar-refractivity contribution is 0.208. The molecule has 0 aromatic carbocycles. The van der Waals surface area contributed by atoms with E-state index in [-0.39, 0.29) is 0 Å². The van der Waals surface area contributed by atoms with Crippen LogP contribution >= 0.6 is 0 Å². The average Bonchev–Trinajstić information content (AvgIpc) is 3.05. The normalized spacial score (nSPS) is 20.4. The van der Waals surface area contributed by atoms with Gasteiger partial charge in [-0.1, -0.05) is 0 Å². The molecule has 102 valence electrons. The zero-order chi connectivity index (χ0) is 13.1. The molecular formula is C14H20N4O. The second-order valence-corrected chi connectivity index (χ2v) is 5.19. The van der Waals surface area contributed by atoms with E-state index in [2.05, 4.69) is 19.3 Å². The van der Waals surface area contributed by atoms with Gasteiger partial charge in [-0.05, 0) is 32.2 Å². The first kappa shape index (κ1) is 12.6. The maximum Gasteiger partial charge on any atom is 0.155 e. The molecular weight excluding hydrogens is 240 g/mol. The maximum absolute atomic E-state index is 8.97. The minimum absolute atomic E-state index is 0.297. The van der Waals surface area contributed by atoms with E-state index in [0.29, 0.717) is 12.6 Å². The van der Waals surface area contributed by atoms with Crippen molar-refractivity contribution in [3.63, 3.8) is 0 Å². The van der Waals surface area contributed by atoms with Crippen LogP contribution in [0.4, 0.5) is 0 Å². The molecule has 2 aromatic heterocycles. The lowest BCUT2D eigenvalue weighted by atomic mass is 10.1. The summed E-state index contributed by atoms with van der Waals surface area (Å²) >= 11 is 0. The molecule has 1 fully saturated rings. The Morgan fingerprint density at radius 1 is 1.37 bits per heavy atom. The second kappa shape index (κ2) is 5.67. The zero-order valence-electron chi connectivity index (χ0n) is 11.1. The van der Waals surface area contributed by atoms with Crippen LogP contribution in [0.3, 0.4) is 0 Å². The molecule has 0 aliphatic carbocycles. The number of likely N-dealkylation sites (tertiary alicyclic amines) is 1. The van der Waals surface area contributed by atoms with Crippen LogP contribution in [0, 0.1) is 0 Å². The quantitative estimate of drug-likeness (QED) is 0.884. The third-order valence-electron chi connectivity index (χ3n) is 3.95. The van der Waals surface area contributed by atoms with E-state index in [1.165, 1.54) is 18.5 Å². The van der Waals surface area contributed by atoms with E-state index >= 15 is 0 Å². The van der Waals surface area contributed by atoms with Crippen molar-refractivity contribution in [2.45, 2.75) is 38.3 Å². The Kier molecular flexibility index (Phi) is 3.75. The van der Waals surface area contributed by atoms with Crippen LogP contribution in [-0.2, 0) is 6.54 Å². The molecule has 5 heteroatoms. The van der Waals surface area contributed by atoms with E-state index in [1.807, 2.05) is 12.4 Å². The van der Waals surface area contributed by atoms with Crippen molar-refractivity contribution in [1.29, 1.82) is 0 Å². The van der Waals surface area contributed by atoms with Gasteiger partial charge in [0.1, 0.15) is 0 Å². The average molecular weight is 260 g/mol. The number of aliphatic hydroxyl groups excluding tert-OH is 1. The highest BCUT2D eigenvalue weighted by Gasteiger charge is 2.24. The van der Waals surface area contributed by atoms with Gasteiger partial charge in [0, 0.05) is 31.6 Å². The zero-order valence-corrected chi connectivity index (χ0v) is 11.1. The Hall–Kier alpha value is -1.46. The predicted molar refractivity (Wildman–Crippen MR) is 72.7 cm³/mol. The first-order valence-electron chi connectivity index (χ1n) is 6.99. The molecule has 0 saturated carbocycles. The molecule has 2 aromatic rings. The van der Waals surface area contributed by atoms with Crippen LogP contribution in [0.1, 0.15) is 31.4 Å². The molecule has 0 amide bonds. The maximum atomic E-state index is 8.97. The fourth-order valence-corrected chi connectivity index (χ4v) is 2.98. The molecule has 1 unspecified atom stereocenters. The van der Waals surface area contributed by atoms with Gasteiger partial charge in [0.25, 0.3) is 0 Å². The van der Waals surface area contributed by atoms with E-state index in [0.717, 1.165) is 31.6 Å². The highest BCUT2D eigenvalue weighted by atomic mass is 16.2. The lowest BCUT2D eigenvalue weighted by Gasteiger charge is -2.23. The van der Waals surface area contributed by atoms with Crippen molar-refractivity contribution < 1.29 is 5.11 Å². The molecule has 3 rings (SSSR count). The van der Waals surface area contributed by atoms with Crippen LogP contribution in [-0.4, -0.2) is 43.6 Å². The van der Waals surface area contributed by atoms with Crippen LogP contribution in [0.2, 0.25) is 0 Å². The molecule has 0 bridgehead atoms. The van der Waals surface area contributed by atoms with Crippen molar-refractivity contribution in [3.8, 4) is 0 Å². The number of aliphatic hydroxyl groups is 1.